The largest absolute Gasteiger partial charge is 0.363 e. The number of carbonyl (C=O) groups is 1. The van der Waals surface area contributed by atoms with E-state index in [4.69, 9.17) is 5.73 Å². The van der Waals surface area contributed by atoms with Gasteiger partial charge in [-0.05, 0) is 12.8 Å². The number of anilines is 1. The van der Waals surface area contributed by atoms with Crippen LogP contribution in [0.5, 0.6) is 0 Å². The van der Waals surface area contributed by atoms with Crippen LogP contribution in [-0.4, -0.2) is 16.6 Å². The molecule has 1 aliphatic carbocycles. The summed E-state index contributed by atoms with van der Waals surface area (Å²) in [5.74, 6) is -0.141. The Kier molecular flexibility index (Phi) is 2.25. The second-order valence-electron chi connectivity index (χ2n) is 3.73. The van der Waals surface area contributed by atoms with Crippen LogP contribution in [0.4, 0.5) is 5.69 Å². The maximum atomic E-state index is 11.7. The van der Waals surface area contributed by atoms with E-state index in [2.05, 4.69) is 15.0 Å². The Hall–Kier alpha value is -1.36. The van der Waals surface area contributed by atoms with Crippen molar-refractivity contribution in [3.63, 3.8) is 0 Å². The van der Waals surface area contributed by atoms with Gasteiger partial charge in [-0.25, -0.2) is 0 Å². The summed E-state index contributed by atoms with van der Waals surface area (Å²) >= 11 is 0. The van der Waals surface area contributed by atoms with E-state index < -0.39 is 5.54 Å². The lowest BCUT2D eigenvalue weighted by atomic mass is 9.98. The van der Waals surface area contributed by atoms with Gasteiger partial charge in [0.2, 0.25) is 5.91 Å². The summed E-state index contributed by atoms with van der Waals surface area (Å²) in [5, 5.41) is 6.18. The summed E-state index contributed by atoms with van der Waals surface area (Å²) in [7, 11) is 0. The van der Waals surface area contributed by atoms with Crippen molar-refractivity contribution in [2.24, 2.45) is 5.73 Å². The number of nitrogens with zero attached hydrogens (tertiary/aromatic N) is 1. The van der Waals surface area contributed by atoms with Crippen molar-refractivity contribution >= 4 is 11.6 Å². The van der Waals surface area contributed by atoms with E-state index in [0.717, 1.165) is 25.7 Å². The highest BCUT2D eigenvalue weighted by molar-refractivity contribution is 5.97. The molecule has 2 rings (SSSR count). The van der Waals surface area contributed by atoms with Gasteiger partial charge in [-0.3, -0.25) is 4.79 Å². The highest BCUT2D eigenvalue weighted by Gasteiger charge is 2.37. The highest BCUT2D eigenvalue weighted by Crippen LogP contribution is 2.28. The quantitative estimate of drug-likeness (QED) is 0.734. The number of nitrogens with one attached hydrogen (secondary N) is 1. The molecule has 1 aromatic heterocycles. The van der Waals surface area contributed by atoms with Crippen molar-refractivity contribution < 1.29 is 9.32 Å². The van der Waals surface area contributed by atoms with Crippen LogP contribution in [-0.2, 0) is 4.79 Å². The highest BCUT2D eigenvalue weighted by atomic mass is 16.5. The molecule has 76 valence electrons. The fraction of sp³-hybridized carbons (Fsp3) is 0.556. The Morgan fingerprint density at radius 1 is 1.57 bits per heavy atom. The molecule has 0 aliphatic heterocycles. The second-order valence-corrected chi connectivity index (χ2v) is 3.73. The van der Waals surface area contributed by atoms with E-state index >= 15 is 0 Å². The van der Waals surface area contributed by atoms with E-state index in [1.165, 1.54) is 12.5 Å². The number of nitrogens with two attached hydrogens (primary N) is 1. The summed E-state index contributed by atoms with van der Waals surface area (Å²) in [5.41, 5.74) is 5.82. The van der Waals surface area contributed by atoms with Gasteiger partial charge in [0.15, 0.2) is 0 Å². The van der Waals surface area contributed by atoms with E-state index in [1.807, 2.05) is 0 Å². The topological polar surface area (TPSA) is 81.2 Å². The molecule has 3 N–H and O–H groups in total. The molecule has 0 atom stereocenters. The molecule has 0 saturated heterocycles. The van der Waals surface area contributed by atoms with E-state index in [-0.39, 0.29) is 5.91 Å². The predicted octanol–water partition coefficient (Wildman–Crippen LogP) is 0.885. The lowest BCUT2D eigenvalue weighted by Gasteiger charge is -2.21. The lowest BCUT2D eigenvalue weighted by molar-refractivity contribution is -0.121. The number of hydrogen-bond acceptors (Lipinski definition) is 4. The van der Waals surface area contributed by atoms with Crippen molar-refractivity contribution in [2.45, 2.75) is 31.2 Å². The van der Waals surface area contributed by atoms with Crippen LogP contribution in [0.25, 0.3) is 0 Å². The normalized spacial score (nSPS) is 19.5. The Balaban J connectivity index is 2.02. The fourth-order valence-electron chi connectivity index (χ4n) is 1.76. The minimum Gasteiger partial charge on any atom is -0.363 e. The van der Waals surface area contributed by atoms with E-state index in [9.17, 15) is 4.79 Å². The molecule has 1 saturated carbocycles. The maximum absolute atomic E-state index is 11.7. The minimum atomic E-state index is -0.697. The van der Waals surface area contributed by atoms with Gasteiger partial charge in [-0.2, -0.15) is 0 Å². The minimum absolute atomic E-state index is 0.141. The molecule has 14 heavy (non-hydrogen) atoms. The van der Waals surface area contributed by atoms with Gasteiger partial charge >= 0.3 is 0 Å². The first-order valence-electron chi connectivity index (χ1n) is 4.70. The van der Waals surface area contributed by atoms with Gasteiger partial charge in [0.25, 0.3) is 0 Å². The molecule has 1 fully saturated rings. The average molecular weight is 195 g/mol. The summed E-state index contributed by atoms with van der Waals surface area (Å²) in [4.78, 5) is 11.7. The Morgan fingerprint density at radius 2 is 2.29 bits per heavy atom. The number of carbonyl (C=O) groups excluding carboxylic acids is 1. The van der Waals surface area contributed by atoms with Crippen molar-refractivity contribution in [1.82, 2.24) is 5.16 Å². The third kappa shape index (κ3) is 1.63. The van der Waals surface area contributed by atoms with Crippen LogP contribution in [0, 0.1) is 0 Å². The third-order valence-corrected chi connectivity index (χ3v) is 2.64. The van der Waals surface area contributed by atoms with Crippen molar-refractivity contribution in [1.29, 1.82) is 0 Å². The molecule has 1 aliphatic rings. The van der Waals surface area contributed by atoms with Crippen LogP contribution < -0.4 is 11.1 Å². The van der Waals surface area contributed by atoms with Gasteiger partial charge in [0.05, 0.1) is 11.7 Å². The average Bonchev–Trinajstić information content (AvgIpc) is 2.76. The number of hydrogen-bond donors (Lipinski definition) is 2. The molecule has 0 bridgehead atoms. The Bertz CT molecular complexity index is 315. The standard InChI is InChI=1S/C9H13N3O2/c10-9(3-1-2-4-9)8(13)12-7-5-11-14-6-7/h5-6H,1-4,10H2,(H,12,13). The van der Waals surface area contributed by atoms with Crippen molar-refractivity contribution in [3.8, 4) is 0 Å². The zero-order chi connectivity index (χ0) is 10.0. The molecule has 1 amide bonds. The van der Waals surface area contributed by atoms with Gasteiger partial charge < -0.3 is 15.6 Å². The molecule has 5 nitrogen and oxygen atoms in total. The van der Waals surface area contributed by atoms with Crippen LogP contribution in [0.1, 0.15) is 25.7 Å². The molecule has 0 unspecified atom stereocenters. The number of rotatable bonds is 2. The Morgan fingerprint density at radius 3 is 2.86 bits per heavy atom. The Labute approximate surface area is 81.6 Å². The summed E-state index contributed by atoms with van der Waals surface area (Å²) in [6.07, 6.45) is 6.39. The van der Waals surface area contributed by atoms with Crippen LogP contribution in [0.15, 0.2) is 17.0 Å². The summed E-state index contributed by atoms with van der Waals surface area (Å²) in [6, 6.07) is 0. The molecule has 0 radical (unpaired) electrons. The SMILES string of the molecule is NC1(C(=O)Nc2cnoc2)CCCC1. The van der Waals surface area contributed by atoms with Crippen LogP contribution in [0.3, 0.4) is 0 Å². The first kappa shape index (κ1) is 9.21. The van der Waals surface area contributed by atoms with Crippen LogP contribution in [0.2, 0.25) is 0 Å². The smallest absolute Gasteiger partial charge is 0.244 e. The van der Waals surface area contributed by atoms with Crippen molar-refractivity contribution in [3.05, 3.63) is 12.5 Å². The van der Waals surface area contributed by atoms with E-state index in [1.54, 1.807) is 0 Å². The van der Waals surface area contributed by atoms with Gasteiger partial charge in [0.1, 0.15) is 12.0 Å². The fourth-order valence-corrected chi connectivity index (χ4v) is 1.76. The molecular formula is C9H13N3O2. The zero-order valence-corrected chi connectivity index (χ0v) is 7.82. The van der Waals surface area contributed by atoms with Gasteiger partial charge in [0, 0.05) is 0 Å². The second kappa shape index (κ2) is 3.42. The number of amides is 1. The molecule has 1 heterocycles. The van der Waals surface area contributed by atoms with Gasteiger partial charge in [-0.1, -0.05) is 18.0 Å². The maximum Gasteiger partial charge on any atom is 0.244 e. The third-order valence-electron chi connectivity index (χ3n) is 2.64. The summed E-state index contributed by atoms with van der Waals surface area (Å²) < 4.78 is 4.61. The first-order chi connectivity index (χ1) is 6.71. The zero-order valence-electron chi connectivity index (χ0n) is 7.82. The molecular weight excluding hydrogens is 182 g/mol. The molecule has 0 spiro atoms. The summed E-state index contributed by atoms with van der Waals surface area (Å²) in [6.45, 7) is 0. The lowest BCUT2D eigenvalue weighted by Crippen LogP contribution is -2.48. The van der Waals surface area contributed by atoms with Crippen LogP contribution >= 0.6 is 0 Å². The number of aromatic nitrogens is 1. The van der Waals surface area contributed by atoms with E-state index in [0.29, 0.717) is 5.69 Å². The molecule has 5 heteroatoms. The monoisotopic (exact) mass is 195 g/mol. The molecule has 0 aromatic carbocycles. The molecule has 1 aromatic rings. The van der Waals surface area contributed by atoms with Crippen molar-refractivity contribution in [2.75, 3.05) is 5.32 Å². The van der Waals surface area contributed by atoms with Gasteiger partial charge in [-0.15, -0.1) is 0 Å². The predicted molar refractivity (Wildman–Crippen MR) is 50.5 cm³/mol. The first-order valence-corrected chi connectivity index (χ1v) is 4.70.